The zero-order valence-corrected chi connectivity index (χ0v) is 14.6. The predicted molar refractivity (Wildman–Crippen MR) is 88.3 cm³/mol. The summed E-state index contributed by atoms with van der Waals surface area (Å²) in [5.41, 5.74) is 0.115. The van der Waals surface area contributed by atoms with Crippen molar-refractivity contribution in [1.82, 2.24) is 9.88 Å². The van der Waals surface area contributed by atoms with Gasteiger partial charge in [-0.3, -0.25) is 15.1 Å². The van der Waals surface area contributed by atoms with E-state index < -0.39 is 17.5 Å². The third-order valence-corrected chi connectivity index (χ3v) is 3.87. The average Bonchev–Trinajstić information content (AvgIpc) is 2.47. The normalized spacial score (nSPS) is 16.0. The fourth-order valence-electron chi connectivity index (χ4n) is 2.68. The highest BCUT2D eigenvalue weighted by Gasteiger charge is 2.24. The van der Waals surface area contributed by atoms with E-state index in [0.29, 0.717) is 18.8 Å². The Labute approximate surface area is 141 Å². The Hall–Kier alpha value is -2.18. The number of rotatable bonds is 2. The Morgan fingerprint density at radius 2 is 1.96 bits per heavy atom. The van der Waals surface area contributed by atoms with Crippen molar-refractivity contribution < 1.29 is 18.7 Å². The number of hydrogen-bond donors (Lipinski definition) is 1. The van der Waals surface area contributed by atoms with Gasteiger partial charge in [0.1, 0.15) is 5.60 Å². The van der Waals surface area contributed by atoms with Crippen molar-refractivity contribution in [2.45, 2.75) is 52.1 Å². The van der Waals surface area contributed by atoms with Gasteiger partial charge < -0.3 is 9.64 Å². The standard InChI is InChI=1S/C17H24FN3O3/c1-11(22)21-7-5-12(6-8-21)14-9-15(13(18)10-19-14)20-16(23)24-17(2,3)4/h9-10,12H,5-8H2,1-4H3,(H,19,20,23). The van der Waals surface area contributed by atoms with Crippen molar-refractivity contribution >= 4 is 17.7 Å². The summed E-state index contributed by atoms with van der Waals surface area (Å²) in [4.78, 5) is 29.1. The number of carbonyl (C=O) groups excluding carboxylic acids is 2. The molecule has 132 valence electrons. The van der Waals surface area contributed by atoms with Gasteiger partial charge in [-0.25, -0.2) is 9.18 Å². The SMILES string of the molecule is CC(=O)N1CCC(c2cc(NC(=O)OC(C)(C)C)c(F)cn2)CC1. The fourth-order valence-corrected chi connectivity index (χ4v) is 2.68. The highest BCUT2D eigenvalue weighted by atomic mass is 19.1. The van der Waals surface area contributed by atoms with Crippen LogP contribution in [0, 0.1) is 5.82 Å². The lowest BCUT2D eigenvalue weighted by atomic mass is 9.93. The molecule has 0 aromatic carbocycles. The number of aromatic nitrogens is 1. The van der Waals surface area contributed by atoms with Crippen LogP contribution in [0.25, 0.3) is 0 Å². The maximum Gasteiger partial charge on any atom is 0.412 e. The Bertz CT molecular complexity index is 620. The van der Waals surface area contributed by atoms with E-state index >= 15 is 0 Å². The van der Waals surface area contributed by atoms with Crippen molar-refractivity contribution in [3.05, 3.63) is 23.8 Å². The minimum absolute atomic E-state index is 0.0586. The van der Waals surface area contributed by atoms with Gasteiger partial charge in [-0.15, -0.1) is 0 Å². The summed E-state index contributed by atoms with van der Waals surface area (Å²) < 4.78 is 19.1. The van der Waals surface area contributed by atoms with Gasteiger partial charge in [-0.1, -0.05) is 0 Å². The Morgan fingerprint density at radius 1 is 1.33 bits per heavy atom. The van der Waals surface area contributed by atoms with Gasteiger partial charge in [-0.2, -0.15) is 0 Å². The lowest BCUT2D eigenvalue weighted by Gasteiger charge is -2.31. The van der Waals surface area contributed by atoms with E-state index in [-0.39, 0.29) is 17.5 Å². The summed E-state index contributed by atoms with van der Waals surface area (Å²) in [5, 5.41) is 2.43. The van der Waals surface area contributed by atoms with Gasteiger partial charge in [0, 0.05) is 31.6 Å². The lowest BCUT2D eigenvalue weighted by molar-refractivity contribution is -0.129. The monoisotopic (exact) mass is 337 g/mol. The summed E-state index contributed by atoms with van der Waals surface area (Å²) in [5.74, 6) is -0.404. The Kier molecular flexibility index (Phi) is 5.41. The number of likely N-dealkylation sites (tertiary alicyclic amines) is 1. The molecule has 2 amide bonds. The molecule has 0 radical (unpaired) electrons. The zero-order valence-electron chi connectivity index (χ0n) is 14.6. The van der Waals surface area contributed by atoms with Crippen LogP contribution in [0.2, 0.25) is 0 Å². The molecule has 2 rings (SSSR count). The number of piperidine rings is 1. The maximum atomic E-state index is 13.9. The van der Waals surface area contributed by atoms with Crippen LogP contribution >= 0.6 is 0 Å². The first-order chi connectivity index (χ1) is 11.2. The van der Waals surface area contributed by atoms with Crippen LogP contribution in [0.3, 0.4) is 0 Å². The molecule has 1 aliphatic rings. The summed E-state index contributed by atoms with van der Waals surface area (Å²) >= 11 is 0. The van der Waals surface area contributed by atoms with Gasteiger partial charge in [0.2, 0.25) is 5.91 Å². The van der Waals surface area contributed by atoms with Crippen LogP contribution in [-0.2, 0) is 9.53 Å². The third kappa shape index (κ3) is 4.91. The second kappa shape index (κ2) is 7.15. The topological polar surface area (TPSA) is 71.5 Å². The van der Waals surface area contributed by atoms with E-state index in [1.807, 2.05) is 0 Å². The molecule has 1 aliphatic heterocycles. The Morgan fingerprint density at radius 3 is 2.50 bits per heavy atom. The molecule has 0 bridgehead atoms. The second-order valence-corrected chi connectivity index (χ2v) is 7.00. The molecule has 1 saturated heterocycles. The number of nitrogens with zero attached hydrogens (tertiary/aromatic N) is 2. The first kappa shape index (κ1) is 18.2. The van der Waals surface area contributed by atoms with Crippen LogP contribution in [0.1, 0.15) is 52.1 Å². The first-order valence-corrected chi connectivity index (χ1v) is 8.06. The molecular weight excluding hydrogens is 313 g/mol. The highest BCUT2D eigenvalue weighted by Crippen LogP contribution is 2.29. The van der Waals surface area contributed by atoms with Crippen molar-refractivity contribution in [2.24, 2.45) is 0 Å². The zero-order chi connectivity index (χ0) is 17.9. The number of halogens is 1. The number of anilines is 1. The molecule has 6 nitrogen and oxygen atoms in total. The van der Waals surface area contributed by atoms with Crippen molar-refractivity contribution in [2.75, 3.05) is 18.4 Å². The van der Waals surface area contributed by atoms with E-state index in [4.69, 9.17) is 4.74 Å². The van der Waals surface area contributed by atoms with Crippen LogP contribution in [-0.4, -0.2) is 40.6 Å². The third-order valence-electron chi connectivity index (χ3n) is 3.87. The minimum atomic E-state index is -0.704. The molecule has 1 aromatic heterocycles. The number of ether oxygens (including phenoxy) is 1. The predicted octanol–water partition coefficient (Wildman–Crippen LogP) is 3.29. The second-order valence-electron chi connectivity index (χ2n) is 7.00. The van der Waals surface area contributed by atoms with E-state index in [9.17, 15) is 14.0 Å². The highest BCUT2D eigenvalue weighted by molar-refractivity contribution is 5.85. The van der Waals surface area contributed by atoms with Gasteiger partial charge in [-0.05, 0) is 39.7 Å². The average molecular weight is 337 g/mol. The molecule has 1 fully saturated rings. The minimum Gasteiger partial charge on any atom is -0.444 e. The first-order valence-electron chi connectivity index (χ1n) is 8.06. The molecule has 0 saturated carbocycles. The van der Waals surface area contributed by atoms with Crippen molar-refractivity contribution in [1.29, 1.82) is 0 Å². The molecule has 1 aromatic rings. The van der Waals surface area contributed by atoms with E-state index in [1.165, 1.54) is 0 Å². The summed E-state index contributed by atoms with van der Waals surface area (Å²) in [6.07, 6.45) is 1.94. The molecule has 1 N–H and O–H groups in total. The smallest absolute Gasteiger partial charge is 0.412 e. The number of nitrogens with one attached hydrogen (secondary N) is 1. The van der Waals surface area contributed by atoms with Crippen LogP contribution < -0.4 is 5.32 Å². The lowest BCUT2D eigenvalue weighted by Crippen LogP contribution is -2.36. The molecule has 0 spiro atoms. The molecule has 7 heteroatoms. The van der Waals surface area contributed by atoms with Crippen LogP contribution in [0.5, 0.6) is 0 Å². The number of pyridine rings is 1. The Balaban J connectivity index is 2.06. The maximum absolute atomic E-state index is 13.9. The fraction of sp³-hybridized carbons (Fsp3) is 0.588. The number of hydrogen-bond acceptors (Lipinski definition) is 4. The van der Waals surface area contributed by atoms with E-state index in [1.54, 1.807) is 38.7 Å². The molecule has 24 heavy (non-hydrogen) atoms. The van der Waals surface area contributed by atoms with Gasteiger partial charge >= 0.3 is 6.09 Å². The molecule has 0 atom stereocenters. The molecule has 0 aliphatic carbocycles. The molecular formula is C17H24FN3O3. The van der Waals surface area contributed by atoms with Crippen molar-refractivity contribution in [3.8, 4) is 0 Å². The van der Waals surface area contributed by atoms with Crippen LogP contribution in [0.4, 0.5) is 14.9 Å². The molecule has 2 heterocycles. The van der Waals surface area contributed by atoms with Gasteiger partial charge in [0.15, 0.2) is 5.82 Å². The largest absolute Gasteiger partial charge is 0.444 e. The summed E-state index contributed by atoms with van der Waals surface area (Å²) in [6.45, 7) is 8.10. The number of carbonyl (C=O) groups is 2. The summed E-state index contributed by atoms with van der Waals surface area (Å²) in [6, 6.07) is 1.55. The van der Waals surface area contributed by atoms with E-state index in [2.05, 4.69) is 10.3 Å². The van der Waals surface area contributed by atoms with Crippen molar-refractivity contribution in [3.63, 3.8) is 0 Å². The number of amides is 2. The van der Waals surface area contributed by atoms with E-state index in [0.717, 1.165) is 19.0 Å². The van der Waals surface area contributed by atoms with Crippen LogP contribution in [0.15, 0.2) is 12.3 Å². The quantitative estimate of drug-likeness (QED) is 0.899. The molecule has 0 unspecified atom stereocenters. The van der Waals surface area contributed by atoms with Gasteiger partial charge in [0.25, 0.3) is 0 Å². The van der Waals surface area contributed by atoms with Gasteiger partial charge in [0.05, 0.1) is 11.9 Å². The summed E-state index contributed by atoms with van der Waals surface area (Å²) in [7, 11) is 0.